The number of ether oxygens (including phenoxy) is 1. The maximum Gasteiger partial charge on any atom is 0.359 e. The average molecular weight is 361 g/mol. The maximum absolute atomic E-state index is 13.8. The van der Waals surface area contributed by atoms with Crippen molar-refractivity contribution in [3.05, 3.63) is 51.6 Å². The monoisotopic (exact) mass is 360 g/mol. The van der Waals surface area contributed by atoms with E-state index in [1.165, 1.54) is 0 Å². The highest BCUT2D eigenvalue weighted by molar-refractivity contribution is 6.31. The fraction of sp³-hybridized carbons (Fsp3) is 0.267. The normalized spacial score (nSPS) is 10.7. The summed E-state index contributed by atoms with van der Waals surface area (Å²) < 4.78 is 46.5. The molecule has 0 spiro atoms. The second-order valence-corrected chi connectivity index (χ2v) is 5.05. The summed E-state index contributed by atoms with van der Waals surface area (Å²) in [6, 6.07) is 1.42. The molecule has 0 aliphatic heterocycles. The molecule has 2 rings (SSSR count). The first-order valence-corrected chi connectivity index (χ1v) is 7.26. The molecule has 1 heterocycles. The minimum atomic E-state index is -1.38. The first-order chi connectivity index (χ1) is 11.4. The summed E-state index contributed by atoms with van der Waals surface area (Å²) in [5, 5.41) is 3.69. The zero-order valence-electron chi connectivity index (χ0n) is 12.5. The Morgan fingerprint density at radius 3 is 2.58 bits per heavy atom. The minimum Gasteiger partial charge on any atom is -0.461 e. The first kappa shape index (κ1) is 18.0. The number of carbonyl (C=O) groups is 2. The van der Waals surface area contributed by atoms with E-state index in [-0.39, 0.29) is 29.4 Å². The lowest BCUT2D eigenvalue weighted by Gasteiger charge is -2.07. The van der Waals surface area contributed by atoms with E-state index in [4.69, 9.17) is 16.3 Å². The predicted molar refractivity (Wildman–Crippen MR) is 78.4 cm³/mol. The van der Waals surface area contributed by atoms with Crippen molar-refractivity contribution in [1.29, 1.82) is 0 Å². The summed E-state index contributed by atoms with van der Waals surface area (Å²) in [7, 11) is 0. The number of aromatic nitrogens is 2. The van der Waals surface area contributed by atoms with E-state index in [0.29, 0.717) is 12.4 Å². The van der Waals surface area contributed by atoms with Crippen LogP contribution < -0.4 is 0 Å². The Morgan fingerprint density at radius 1 is 1.29 bits per heavy atom. The summed E-state index contributed by atoms with van der Waals surface area (Å²) in [6.45, 7) is 1.09. The molecule has 1 aromatic heterocycles. The van der Waals surface area contributed by atoms with Crippen LogP contribution in [-0.2, 0) is 22.5 Å². The van der Waals surface area contributed by atoms with Crippen molar-refractivity contribution in [2.75, 3.05) is 6.61 Å². The lowest BCUT2D eigenvalue weighted by Crippen LogP contribution is -2.11. The topological polar surface area (TPSA) is 61.2 Å². The zero-order valence-corrected chi connectivity index (χ0v) is 13.2. The van der Waals surface area contributed by atoms with Gasteiger partial charge >= 0.3 is 5.97 Å². The molecule has 9 heteroatoms. The molecule has 0 aliphatic carbocycles. The molecule has 0 saturated carbocycles. The third-order valence-electron chi connectivity index (χ3n) is 3.19. The van der Waals surface area contributed by atoms with E-state index in [1.54, 1.807) is 6.92 Å². The number of esters is 1. The van der Waals surface area contributed by atoms with Gasteiger partial charge in [0.05, 0.1) is 13.2 Å². The largest absolute Gasteiger partial charge is 0.461 e. The molecule has 0 radical (unpaired) electrons. The summed E-state index contributed by atoms with van der Waals surface area (Å²) in [5.41, 5.74) is -0.763. The fourth-order valence-corrected chi connectivity index (χ4v) is 2.34. The predicted octanol–water partition coefficient (Wildman–Crippen LogP) is 2.92. The number of aldehydes is 1. The van der Waals surface area contributed by atoms with Crippen molar-refractivity contribution < 1.29 is 27.5 Å². The van der Waals surface area contributed by atoms with Crippen LogP contribution in [0.25, 0.3) is 0 Å². The highest BCUT2D eigenvalue weighted by atomic mass is 35.5. The van der Waals surface area contributed by atoms with Crippen molar-refractivity contribution in [1.82, 2.24) is 9.78 Å². The number of halogens is 4. The van der Waals surface area contributed by atoms with Crippen LogP contribution in [0.1, 0.15) is 28.5 Å². The second kappa shape index (κ2) is 7.48. The molecular formula is C15H12ClF3N2O3. The third kappa shape index (κ3) is 3.43. The Balaban J connectivity index is 2.48. The quantitative estimate of drug-likeness (QED) is 0.451. The number of hydrogen-bond acceptors (Lipinski definition) is 4. The lowest BCUT2D eigenvalue weighted by atomic mass is 10.2. The standard InChI is InChI=1S/C15H12ClF3N2O3/c1-2-24-15(23)13-8(5-6-22)14(16)21(20-13)7-9-10(17)3-4-11(18)12(9)19/h3-4,6H,2,5,7H2,1H3. The summed E-state index contributed by atoms with van der Waals surface area (Å²) in [5.74, 6) is -4.42. The van der Waals surface area contributed by atoms with Crippen LogP contribution in [0.3, 0.4) is 0 Å². The van der Waals surface area contributed by atoms with Crippen LogP contribution in [0.5, 0.6) is 0 Å². The molecule has 0 amide bonds. The lowest BCUT2D eigenvalue weighted by molar-refractivity contribution is -0.107. The Bertz CT molecular complexity index is 793. The van der Waals surface area contributed by atoms with Crippen LogP contribution in [0.4, 0.5) is 13.2 Å². The van der Waals surface area contributed by atoms with E-state index < -0.39 is 35.5 Å². The smallest absolute Gasteiger partial charge is 0.359 e. The zero-order chi connectivity index (χ0) is 17.9. The molecule has 0 N–H and O–H groups in total. The SMILES string of the molecule is CCOC(=O)c1nn(Cc2c(F)ccc(F)c2F)c(Cl)c1CC=O. The van der Waals surface area contributed by atoms with Crippen molar-refractivity contribution in [3.8, 4) is 0 Å². The fourth-order valence-electron chi connectivity index (χ4n) is 2.07. The molecule has 0 fully saturated rings. The number of nitrogens with zero attached hydrogens (tertiary/aromatic N) is 2. The molecule has 0 atom stereocenters. The highest BCUT2D eigenvalue weighted by Crippen LogP contribution is 2.24. The summed E-state index contributed by atoms with van der Waals surface area (Å²) >= 11 is 6.04. The van der Waals surface area contributed by atoms with Gasteiger partial charge < -0.3 is 9.53 Å². The van der Waals surface area contributed by atoms with E-state index >= 15 is 0 Å². The van der Waals surface area contributed by atoms with Gasteiger partial charge in [-0.1, -0.05) is 11.6 Å². The molecule has 2 aromatic rings. The van der Waals surface area contributed by atoms with Crippen LogP contribution in [0.15, 0.2) is 12.1 Å². The van der Waals surface area contributed by atoms with Crippen LogP contribution in [0.2, 0.25) is 5.15 Å². The highest BCUT2D eigenvalue weighted by Gasteiger charge is 2.24. The molecule has 0 unspecified atom stereocenters. The van der Waals surface area contributed by atoms with E-state index in [9.17, 15) is 22.8 Å². The van der Waals surface area contributed by atoms with Gasteiger partial charge in [-0.25, -0.2) is 22.6 Å². The third-order valence-corrected chi connectivity index (χ3v) is 3.61. The Hall–Kier alpha value is -2.35. The van der Waals surface area contributed by atoms with Crippen LogP contribution in [0, 0.1) is 17.5 Å². The number of hydrogen-bond donors (Lipinski definition) is 0. The number of benzene rings is 1. The van der Waals surface area contributed by atoms with Gasteiger partial charge in [-0.2, -0.15) is 5.10 Å². The van der Waals surface area contributed by atoms with E-state index in [1.807, 2.05) is 0 Å². The molecule has 0 bridgehead atoms. The molecule has 128 valence electrons. The first-order valence-electron chi connectivity index (χ1n) is 6.89. The average Bonchev–Trinajstić information content (AvgIpc) is 2.85. The van der Waals surface area contributed by atoms with Gasteiger partial charge in [0, 0.05) is 17.5 Å². The van der Waals surface area contributed by atoms with E-state index in [2.05, 4.69) is 5.10 Å². The molecule has 0 aliphatic rings. The second-order valence-electron chi connectivity index (χ2n) is 4.69. The number of rotatable bonds is 6. The Kier molecular flexibility index (Phi) is 5.61. The van der Waals surface area contributed by atoms with Crippen molar-refractivity contribution in [3.63, 3.8) is 0 Å². The van der Waals surface area contributed by atoms with Gasteiger partial charge in [-0.3, -0.25) is 0 Å². The van der Waals surface area contributed by atoms with E-state index in [0.717, 1.165) is 10.7 Å². The van der Waals surface area contributed by atoms with Crippen LogP contribution >= 0.6 is 11.6 Å². The number of carbonyl (C=O) groups excluding carboxylic acids is 2. The Morgan fingerprint density at radius 2 is 1.96 bits per heavy atom. The van der Waals surface area contributed by atoms with Gasteiger partial charge in [0.25, 0.3) is 0 Å². The van der Waals surface area contributed by atoms with Crippen molar-refractivity contribution in [2.45, 2.75) is 19.9 Å². The van der Waals surface area contributed by atoms with Crippen LogP contribution in [-0.4, -0.2) is 28.6 Å². The van der Waals surface area contributed by atoms with Crippen molar-refractivity contribution >= 4 is 23.9 Å². The molecule has 1 aromatic carbocycles. The Labute approximate surface area is 140 Å². The molecule has 0 saturated heterocycles. The minimum absolute atomic E-state index is 0.0665. The van der Waals surface area contributed by atoms with Gasteiger partial charge in [0.1, 0.15) is 17.3 Å². The van der Waals surface area contributed by atoms with Gasteiger partial charge in [0.2, 0.25) is 0 Å². The molecular weight excluding hydrogens is 349 g/mol. The summed E-state index contributed by atoms with van der Waals surface area (Å²) in [4.78, 5) is 22.6. The summed E-state index contributed by atoms with van der Waals surface area (Å²) in [6.07, 6.45) is 0.264. The van der Waals surface area contributed by atoms with Gasteiger partial charge in [-0.15, -0.1) is 0 Å². The molecule has 24 heavy (non-hydrogen) atoms. The van der Waals surface area contributed by atoms with Gasteiger partial charge in [0.15, 0.2) is 17.3 Å². The molecule has 5 nitrogen and oxygen atoms in total. The maximum atomic E-state index is 13.8. The van der Waals surface area contributed by atoms with Crippen molar-refractivity contribution in [2.24, 2.45) is 0 Å². The van der Waals surface area contributed by atoms with Gasteiger partial charge in [-0.05, 0) is 19.1 Å².